The summed E-state index contributed by atoms with van der Waals surface area (Å²) in [4.78, 5) is 15.0. The summed E-state index contributed by atoms with van der Waals surface area (Å²) < 4.78 is 44.0. The topological polar surface area (TPSA) is 116 Å². The predicted octanol–water partition coefficient (Wildman–Crippen LogP) is 1.12. The first-order valence-electron chi connectivity index (χ1n) is 9.48. The minimum Gasteiger partial charge on any atom is -0.486 e. The predicted molar refractivity (Wildman–Crippen MR) is 104 cm³/mol. The molecule has 11 heteroatoms. The van der Waals surface area contributed by atoms with Crippen LogP contribution in [0.4, 0.5) is 5.95 Å². The van der Waals surface area contributed by atoms with Gasteiger partial charge >= 0.3 is 6.01 Å². The molecule has 0 unspecified atom stereocenters. The van der Waals surface area contributed by atoms with Crippen molar-refractivity contribution in [1.82, 2.24) is 19.7 Å². The van der Waals surface area contributed by atoms with Gasteiger partial charge in [0.15, 0.2) is 17.3 Å². The van der Waals surface area contributed by atoms with E-state index in [4.69, 9.17) is 14.2 Å². The number of anilines is 1. The molecule has 0 aliphatic carbocycles. The highest BCUT2D eigenvalue weighted by molar-refractivity contribution is 7.89. The number of aromatic nitrogens is 3. The molecule has 0 atom stereocenters. The molecule has 3 heterocycles. The average molecular weight is 421 g/mol. The normalized spacial score (nSPS) is 16.5. The number of hydrogen-bond acceptors (Lipinski definition) is 9. The molecule has 1 N–H and O–H groups in total. The molecule has 0 spiro atoms. The zero-order chi connectivity index (χ0) is 20.3. The van der Waals surface area contributed by atoms with Crippen molar-refractivity contribution in [2.75, 3.05) is 38.3 Å². The second-order valence-corrected chi connectivity index (χ2v) is 8.48. The van der Waals surface area contributed by atoms with Crippen LogP contribution >= 0.6 is 0 Å². The Morgan fingerprint density at radius 2 is 1.83 bits per heavy atom. The first kappa shape index (κ1) is 19.6. The number of sulfonamides is 1. The smallest absolute Gasteiger partial charge is 0.321 e. The van der Waals surface area contributed by atoms with E-state index in [1.807, 2.05) is 0 Å². The van der Waals surface area contributed by atoms with Crippen molar-refractivity contribution in [3.8, 4) is 17.5 Å². The molecule has 156 valence electrons. The van der Waals surface area contributed by atoms with Gasteiger partial charge in [0.2, 0.25) is 16.0 Å². The standard InChI is InChI=1S/C18H23N5O5S/c1-26-18-21-16(20-17(22-18)23-7-3-2-4-8-23)12-19-29(24,25)13-5-6-14-15(11-13)28-10-9-27-14/h5-6,11,19H,2-4,7-10,12H2,1H3. The Balaban J connectivity index is 1.51. The molecule has 2 aliphatic heterocycles. The molecule has 0 bridgehead atoms. The maximum Gasteiger partial charge on any atom is 0.321 e. The van der Waals surface area contributed by atoms with Crippen LogP contribution in [0.5, 0.6) is 17.5 Å². The molecule has 0 amide bonds. The Morgan fingerprint density at radius 1 is 1.07 bits per heavy atom. The van der Waals surface area contributed by atoms with Gasteiger partial charge in [-0.15, -0.1) is 0 Å². The van der Waals surface area contributed by atoms with Gasteiger partial charge in [-0.25, -0.2) is 13.1 Å². The van der Waals surface area contributed by atoms with E-state index in [2.05, 4.69) is 24.6 Å². The number of hydrogen-bond donors (Lipinski definition) is 1. The lowest BCUT2D eigenvalue weighted by Crippen LogP contribution is -2.32. The van der Waals surface area contributed by atoms with Crippen LogP contribution in [0.2, 0.25) is 0 Å². The van der Waals surface area contributed by atoms with Crippen molar-refractivity contribution < 1.29 is 22.6 Å². The molecule has 1 fully saturated rings. The Labute approximate surface area is 169 Å². The zero-order valence-electron chi connectivity index (χ0n) is 16.1. The van der Waals surface area contributed by atoms with E-state index in [0.717, 1.165) is 25.9 Å². The lowest BCUT2D eigenvalue weighted by atomic mass is 10.1. The highest BCUT2D eigenvalue weighted by atomic mass is 32.2. The Bertz CT molecular complexity index is 979. The third kappa shape index (κ3) is 4.51. The maximum absolute atomic E-state index is 12.7. The van der Waals surface area contributed by atoms with Gasteiger partial charge in [0.05, 0.1) is 18.6 Å². The lowest BCUT2D eigenvalue weighted by molar-refractivity contribution is 0.171. The Morgan fingerprint density at radius 3 is 2.59 bits per heavy atom. The molecule has 10 nitrogen and oxygen atoms in total. The number of rotatable bonds is 6. The lowest BCUT2D eigenvalue weighted by Gasteiger charge is -2.26. The van der Waals surface area contributed by atoms with Gasteiger partial charge in [-0.2, -0.15) is 15.0 Å². The van der Waals surface area contributed by atoms with E-state index in [-0.39, 0.29) is 17.5 Å². The summed E-state index contributed by atoms with van der Waals surface area (Å²) in [7, 11) is -2.32. The molecular formula is C18H23N5O5S. The van der Waals surface area contributed by atoms with Crippen molar-refractivity contribution >= 4 is 16.0 Å². The Kier molecular flexibility index (Phi) is 5.67. The molecule has 0 radical (unpaired) electrons. The monoisotopic (exact) mass is 421 g/mol. The number of benzene rings is 1. The summed E-state index contributed by atoms with van der Waals surface area (Å²) in [5.74, 6) is 1.74. The second-order valence-electron chi connectivity index (χ2n) is 6.72. The number of nitrogens with zero attached hydrogens (tertiary/aromatic N) is 4. The summed E-state index contributed by atoms with van der Waals surface area (Å²) in [6, 6.07) is 4.67. The van der Waals surface area contributed by atoms with E-state index in [1.165, 1.54) is 25.7 Å². The minimum absolute atomic E-state index is 0.0824. The van der Waals surface area contributed by atoms with Crippen LogP contribution < -0.4 is 23.8 Å². The highest BCUT2D eigenvalue weighted by Crippen LogP contribution is 2.32. The van der Waals surface area contributed by atoms with E-state index in [1.54, 1.807) is 6.07 Å². The number of ether oxygens (including phenoxy) is 3. The van der Waals surface area contributed by atoms with Gasteiger partial charge in [0.25, 0.3) is 0 Å². The number of piperidine rings is 1. The van der Waals surface area contributed by atoms with Gasteiger partial charge in [-0.1, -0.05) is 0 Å². The van der Waals surface area contributed by atoms with Crippen molar-refractivity contribution in [2.24, 2.45) is 0 Å². The fourth-order valence-electron chi connectivity index (χ4n) is 3.23. The fraction of sp³-hybridized carbons (Fsp3) is 0.500. The zero-order valence-corrected chi connectivity index (χ0v) is 16.9. The highest BCUT2D eigenvalue weighted by Gasteiger charge is 2.21. The van der Waals surface area contributed by atoms with Gasteiger partial charge in [-0.05, 0) is 31.4 Å². The molecule has 0 saturated carbocycles. The number of nitrogens with one attached hydrogen (secondary N) is 1. The van der Waals surface area contributed by atoms with E-state index < -0.39 is 10.0 Å². The molecular weight excluding hydrogens is 398 g/mol. The number of methoxy groups -OCH3 is 1. The van der Waals surface area contributed by atoms with Crippen molar-refractivity contribution in [3.05, 3.63) is 24.0 Å². The molecule has 4 rings (SSSR count). The molecule has 1 aromatic heterocycles. The second kappa shape index (κ2) is 8.37. The SMILES string of the molecule is COc1nc(CNS(=O)(=O)c2ccc3c(c2)OCCO3)nc(N2CCCCC2)n1. The maximum atomic E-state index is 12.7. The largest absolute Gasteiger partial charge is 0.486 e. The van der Waals surface area contributed by atoms with Crippen LogP contribution in [0, 0.1) is 0 Å². The molecule has 2 aromatic rings. The Hall–Kier alpha value is -2.66. The van der Waals surface area contributed by atoms with Crippen molar-refractivity contribution in [1.29, 1.82) is 0 Å². The van der Waals surface area contributed by atoms with Crippen LogP contribution in [0.3, 0.4) is 0 Å². The van der Waals surface area contributed by atoms with Crippen LogP contribution in [0.1, 0.15) is 25.1 Å². The molecule has 29 heavy (non-hydrogen) atoms. The third-order valence-corrected chi connectivity index (χ3v) is 6.11. The van der Waals surface area contributed by atoms with Gasteiger partial charge < -0.3 is 19.1 Å². The minimum atomic E-state index is -3.79. The fourth-order valence-corrected chi connectivity index (χ4v) is 4.22. The third-order valence-electron chi connectivity index (χ3n) is 4.72. The molecule has 2 aliphatic rings. The van der Waals surface area contributed by atoms with E-state index in [0.29, 0.717) is 36.5 Å². The summed E-state index contributed by atoms with van der Waals surface area (Å²) >= 11 is 0. The van der Waals surface area contributed by atoms with Crippen LogP contribution in [-0.4, -0.2) is 56.8 Å². The van der Waals surface area contributed by atoms with Crippen LogP contribution in [-0.2, 0) is 16.6 Å². The first-order chi connectivity index (χ1) is 14.0. The summed E-state index contributed by atoms with van der Waals surface area (Å²) in [5.41, 5.74) is 0. The summed E-state index contributed by atoms with van der Waals surface area (Å²) in [5, 5.41) is 0. The first-order valence-corrected chi connectivity index (χ1v) is 11.0. The summed E-state index contributed by atoms with van der Waals surface area (Å²) in [6.07, 6.45) is 3.32. The number of fused-ring (bicyclic) bond motifs is 1. The van der Waals surface area contributed by atoms with Crippen LogP contribution in [0.25, 0.3) is 0 Å². The van der Waals surface area contributed by atoms with E-state index in [9.17, 15) is 8.42 Å². The van der Waals surface area contributed by atoms with Crippen molar-refractivity contribution in [2.45, 2.75) is 30.7 Å². The van der Waals surface area contributed by atoms with Gasteiger partial charge in [-0.3, -0.25) is 0 Å². The molecule has 1 saturated heterocycles. The van der Waals surface area contributed by atoms with Gasteiger partial charge in [0.1, 0.15) is 13.2 Å². The quantitative estimate of drug-likeness (QED) is 0.732. The van der Waals surface area contributed by atoms with Crippen LogP contribution in [0.15, 0.2) is 23.1 Å². The molecule has 1 aromatic carbocycles. The van der Waals surface area contributed by atoms with Crippen molar-refractivity contribution in [3.63, 3.8) is 0 Å². The van der Waals surface area contributed by atoms with Gasteiger partial charge in [0, 0.05) is 19.2 Å². The average Bonchev–Trinajstić information content (AvgIpc) is 2.78. The van der Waals surface area contributed by atoms with E-state index >= 15 is 0 Å². The summed E-state index contributed by atoms with van der Waals surface area (Å²) in [6.45, 7) is 2.45.